The second-order valence-electron chi connectivity index (χ2n) is 3.93. The van der Waals surface area contributed by atoms with Gasteiger partial charge in [0.05, 0.1) is 14.2 Å². The Kier molecular flexibility index (Phi) is 5.51. The van der Waals surface area contributed by atoms with E-state index in [9.17, 15) is 4.79 Å². The molecule has 0 unspecified atom stereocenters. The molecule has 0 radical (unpaired) electrons. The maximum atomic E-state index is 12.4. The number of halogens is 1. The number of carbonyl (C=O) groups is 1. The van der Waals surface area contributed by atoms with Crippen molar-refractivity contribution >= 4 is 38.3 Å². The zero-order valence-corrected chi connectivity index (χ0v) is 14.0. The van der Waals surface area contributed by atoms with Crippen LogP contribution in [0.15, 0.2) is 18.2 Å². The number of carbonyl (C=O) groups excluding carboxylic acids is 1. The lowest BCUT2D eigenvalue weighted by molar-refractivity contribution is 0.102. The van der Waals surface area contributed by atoms with Crippen LogP contribution < -0.4 is 14.8 Å². The van der Waals surface area contributed by atoms with Crippen LogP contribution in [-0.2, 0) is 6.42 Å². The molecule has 1 aromatic heterocycles. The lowest BCUT2D eigenvalue weighted by Gasteiger charge is -2.11. The van der Waals surface area contributed by atoms with Crippen molar-refractivity contribution in [1.29, 1.82) is 0 Å². The van der Waals surface area contributed by atoms with Crippen LogP contribution in [-0.4, -0.2) is 35.7 Å². The molecule has 112 valence electrons. The van der Waals surface area contributed by atoms with Crippen LogP contribution in [0, 0.1) is 0 Å². The monoisotopic (exact) mass is 371 g/mol. The SMILES string of the molecule is COc1cccc(OC)c1C(=O)Nc1nnc(CCBr)s1. The Hall–Kier alpha value is -1.67. The van der Waals surface area contributed by atoms with Crippen LogP contribution in [0.5, 0.6) is 11.5 Å². The molecule has 0 saturated carbocycles. The molecular formula is C13H14BrN3O3S. The predicted molar refractivity (Wildman–Crippen MR) is 84.9 cm³/mol. The van der Waals surface area contributed by atoms with E-state index in [1.54, 1.807) is 18.2 Å². The number of rotatable bonds is 6. The second kappa shape index (κ2) is 7.37. The first-order valence-electron chi connectivity index (χ1n) is 6.10. The quantitative estimate of drug-likeness (QED) is 0.790. The number of nitrogens with zero attached hydrogens (tertiary/aromatic N) is 2. The summed E-state index contributed by atoms with van der Waals surface area (Å²) >= 11 is 4.68. The first kappa shape index (κ1) is 15.7. The van der Waals surface area contributed by atoms with Crippen molar-refractivity contribution in [3.8, 4) is 11.5 Å². The number of aromatic nitrogens is 2. The summed E-state index contributed by atoms with van der Waals surface area (Å²) in [7, 11) is 3.01. The van der Waals surface area contributed by atoms with Gasteiger partial charge < -0.3 is 9.47 Å². The summed E-state index contributed by atoms with van der Waals surface area (Å²) in [5.41, 5.74) is 0.333. The number of hydrogen-bond acceptors (Lipinski definition) is 6. The van der Waals surface area contributed by atoms with Gasteiger partial charge in [0.25, 0.3) is 5.91 Å². The van der Waals surface area contributed by atoms with Crippen molar-refractivity contribution < 1.29 is 14.3 Å². The zero-order chi connectivity index (χ0) is 15.2. The molecule has 0 aliphatic heterocycles. The van der Waals surface area contributed by atoms with Crippen molar-refractivity contribution in [2.45, 2.75) is 6.42 Å². The van der Waals surface area contributed by atoms with E-state index in [4.69, 9.17) is 9.47 Å². The van der Waals surface area contributed by atoms with Crippen molar-refractivity contribution in [3.63, 3.8) is 0 Å². The van der Waals surface area contributed by atoms with E-state index in [1.807, 2.05) is 0 Å². The molecule has 21 heavy (non-hydrogen) atoms. The Morgan fingerprint density at radius 1 is 1.29 bits per heavy atom. The number of aryl methyl sites for hydroxylation is 1. The minimum atomic E-state index is -0.342. The third kappa shape index (κ3) is 3.70. The number of methoxy groups -OCH3 is 2. The molecule has 2 rings (SSSR count). The van der Waals surface area contributed by atoms with Gasteiger partial charge in [0, 0.05) is 11.8 Å². The van der Waals surface area contributed by atoms with Gasteiger partial charge in [0.1, 0.15) is 22.1 Å². The molecule has 0 spiro atoms. The second-order valence-corrected chi connectivity index (χ2v) is 5.79. The molecular weight excluding hydrogens is 358 g/mol. The van der Waals surface area contributed by atoms with Crippen molar-refractivity contribution in [2.75, 3.05) is 24.9 Å². The molecule has 1 N–H and O–H groups in total. The maximum Gasteiger partial charge on any atom is 0.265 e. The molecule has 0 fully saturated rings. The summed E-state index contributed by atoms with van der Waals surface area (Å²) in [6.45, 7) is 0. The van der Waals surface area contributed by atoms with Crippen molar-refractivity contribution in [1.82, 2.24) is 10.2 Å². The summed E-state index contributed by atoms with van der Waals surface area (Å²) in [5.74, 6) is 0.542. The molecule has 2 aromatic rings. The lowest BCUT2D eigenvalue weighted by atomic mass is 10.1. The Morgan fingerprint density at radius 3 is 2.52 bits per heavy atom. The highest BCUT2D eigenvalue weighted by atomic mass is 79.9. The highest BCUT2D eigenvalue weighted by molar-refractivity contribution is 9.09. The van der Waals surface area contributed by atoms with Crippen LogP contribution in [0.2, 0.25) is 0 Å². The van der Waals surface area contributed by atoms with E-state index in [2.05, 4.69) is 31.4 Å². The van der Waals surface area contributed by atoms with Gasteiger partial charge in [0.2, 0.25) is 5.13 Å². The molecule has 1 heterocycles. The Bertz CT molecular complexity index is 611. The molecule has 0 saturated heterocycles. The fourth-order valence-corrected chi connectivity index (χ4v) is 3.09. The van der Waals surface area contributed by atoms with Gasteiger partial charge in [-0.05, 0) is 12.1 Å². The summed E-state index contributed by atoms with van der Waals surface area (Å²) < 4.78 is 10.4. The van der Waals surface area contributed by atoms with E-state index >= 15 is 0 Å². The number of amides is 1. The highest BCUT2D eigenvalue weighted by Gasteiger charge is 2.19. The normalized spacial score (nSPS) is 10.2. The molecule has 1 aromatic carbocycles. The first-order chi connectivity index (χ1) is 10.2. The van der Waals surface area contributed by atoms with E-state index < -0.39 is 0 Å². The molecule has 0 atom stereocenters. The van der Waals surface area contributed by atoms with Crippen molar-refractivity contribution in [3.05, 3.63) is 28.8 Å². The number of hydrogen-bond donors (Lipinski definition) is 1. The van der Waals surface area contributed by atoms with Crippen LogP contribution in [0.1, 0.15) is 15.4 Å². The van der Waals surface area contributed by atoms with E-state index in [-0.39, 0.29) is 5.91 Å². The topological polar surface area (TPSA) is 73.3 Å². The fourth-order valence-electron chi connectivity index (χ4n) is 1.72. The smallest absolute Gasteiger partial charge is 0.265 e. The standard InChI is InChI=1S/C13H14BrN3O3S/c1-19-8-4-3-5-9(20-2)11(8)12(18)15-13-17-16-10(21-13)6-7-14/h3-5H,6-7H2,1-2H3,(H,15,17,18). The van der Waals surface area contributed by atoms with Gasteiger partial charge in [0.15, 0.2) is 0 Å². The van der Waals surface area contributed by atoms with Crippen LogP contribution in [0.25, 0.3) is 0 Å². The number of benzene rings is 1. The number of anilines is 1. The van der Waals surface area contributed by atoms with E-state index in [0.29, 0.717) is 22.2 Å². The van der Waals surface area contributed by atoms with Crippen LogP contribution in [0.3, 0.4) is 0 Å². The Morgan fingerprint density at radius 2 is 1.95 bits per heavy atom. The molecule has 0 aliphatic rings. The molecule has 1 amide bonds. The summed E-state index contributed by atoms with van der Waals surface area (Å²) in [4.78, 5) is 12.4. The minimum Gasteiger partial charge on any atom is -0.496 e. The highest BCUT2D eigenvalue weighted by Crippen LogP contribution is 2.29. The summed E-state index contributed by atoms with van der Waals surface area (Å²) in [5, 5.41) is 12.8. The average molecular weight is 372 g/mol. The Labute approximate surface area is 134 Å². The molecule has 0 bridgehead atoms. The third-order valence-corrected chi connectivity index (χ3v) is 3.95. The molecule has 6 nitrogen and oxygen atoms in total. The van der Waals surface area contributed by atoms with Gasteiger partial charge >= 0.3 is 0 Å². The van der Waals surface area contributed by atoms with E-state index in [0.717, 1.165) is 16.8 Å². The molecule has 0 aliphatic carbocycles. The zero-order valence-electron chi connectivity index (χ0n) is 11.6. The minimum absolute atomic E-state index is 0.333. The van der Waals surface area contributed by atoms with E-state index in [1.165, 1.54) is 25.6 Å². The summed E-state index contributed by atoms with van der Waals surface area (Å²) in [6.07, 6.45) is 0.769. The summed E-state index contributed by atoms with van der Waals surface area (Å²) in [6, 6.07) is 5.16. The lowest BCUT2D eigenvalue weighted by Crippen LogP contribution is -2.14. The Balaban J connectivity index is 2.23. The average Bonchev–Trinajstić information content (AvgIpc) is 2.93. The first-order valence-corrected chi connectivity index (χ1v) is 8.04. The van der Waals surface area contributed by atoms with Gasteiger partial charge in [-0.15, -0.1) is 10.2 Å². The van der Waals surface area contributed by atoms with Crippen LogP contribution in [0.4, 0.5) is 5.13 Å². The van der Waals surface area contributed by atoms with Crippen LogP contribution >= 0.6 is 27.3 Å². The number of ether oxygens (including phenoxy) is 2. The maximum absolute atomic E-state index is 12.4. The fraction of sp³-hybridized carbons (Fsp3) is 0.308. The van der Waals surface area contributed by atoms with Gasteiger partial charge in [-0.3, -0.25) is 10.1 Å². The van der Waals surface area contributed by atoms with Gasteiger partial charge in [-0.25, -0.2) is 0 Å². The van der Waals surface area contributed by atoms with Gasteiger partial charge in [-0.1, -0.05) is 33.3 Å². The van der Waals surface area contributed by atoms with Gasteiger partial charge in [-0.2, -0.15) is 0 Å². The number of nitrogens with one attached hydrogen (secondary N) is 1. The molecule has 8 heteroatoms. The predicted octanol–water partition coefficient (Wildman–Crippen LogP) is 2.75. The van der Waals surface area contributed by atoms with Crippen molar-refractivity contribution in [2.24, 2.45) is 0 Å². The number of alkyl halides is 1. The largest absolute Gasteiger partial charge is 0.496 e. The third-order valence-electron chi connectivity index (χ3n) is 2.65.